The van der Waals surface area contributed by atoms with Gasteiger partial charge in [-0.25, -0.2) is 0 Å². The van der Waals surface area contributed by atoms with Crippen LogP contribution in [0.15, 0.2) is 54.1 Å². The van der Waals surface area contributed by atoms with Gasteiger partial charge in [0.15, 0.2) is 0 Å². The van der Waals surface area contributed by atoms with Gasteiger partial charge in [-0.05, 0) is 74.9 Å². The van der Waals surface area contributed by atoms with Gasteiger partial charge in [-0.3, -0.25) is 0 Å². The Morgan fingerprint density at radius 1 is 0.720 bits per heavy atom. The van der Waals surface area contributed by atoms with Crippen molar-refractivity contribution in [2.24, 2.45) is 5.92 Å². The van der Waals surface area contributed by atoms with Gasteiger partial charge in [0, 0.05) is 11.8 Å². The first-order valence-electron chi connectivity index (χ1n) is 9.48. The van der Waals surface area contributed by atoms with Crippen molar-refractivity contribution in [3.63, 3.8) is 0 Å². The molecular formula is C25H18. The summed E-state index contributed by atoms with van der Waals surface area (Å²) in [5.74, 6) is 1.06. The van der Waals surface area contributed by atoms with Crippen LogP contribution in [0.25, 0.3) is 28.9 Å². The van der Waals surface area contributed by atoms with Crippen LogP contribution in [-0.4, -0.2) is 0 Å². The number of hydrogen-bond acceptors (Lipinski definition) is 0. The summed E-state index contributed by atoms with van der Waals surface area (Å²) in [5.41, 5.74) is 15.5. The minimum atomic E-state index is 0.525. The van der Waals surface area contributed by atoms with Crippen molar-refractivity contribution in [2.75, 3.05) is 0 Å². The molecule has 0 spiro atoms. The molecule has 2 aromatic carbocycles. The normalized spacial score (nSPS) is 25.3. The Hall–Kier alpha value is -2.60. The smallest absolute Gasteiger partial charge is 0.0208 e. The van der Waals surface area contributed by atoms with Crippen molar-refractivity contribution in [3.8, 4) is 11.1 Å². The van der Waals surface area contributed by atoms with Crippen molar-refractivity contribution < 1.29 is 0 Å². The van der Waals surface area contributed by atoms with Crippen molar-refractivity contribution in [3.05, 3.63) is 87.5 Å². The van der Waals surface area contributed by atoms with E-state index in [-0.39, 0.29) is 0 Å². The van der Waals surface area contributed by atoms with Crippen molar-refractivity contribution in [1.29, 1.82) is 0 Å². The maximum Gasteiger partial charge on any atom is 0.0208 e. The first kappa shape index (κ1) is 12.7. The minimum Gasteiger partial charge on any atom is -0.0795 e. The number of hydrogen-bond donors (Lipinski definition) is 0. The van der Waals surface area contributed by atoms with Gasteiger partial charge in [0.25, 0.3) is 0 Å². The summed E-state index contributed by atoms with van der Waals surface area (Å²) >= 11 is 0. The molecule has 118 valence electrons. The third-order valence-corrected chi connectivity index (χ3v) is 6.88. The molecule has 0 aliphatic heterocycles. The highest BCUT2D eigenvalue weighted by Gasteiger charge is 2.42. The van der Waals surface area contributed by atoms with E-state index >= 15 is 0 Å². The number of rotatable bonds is 0. The number of allylic oxidation sites excluding steroid dienone is 6. The molecule has 0 amide bonds. The molecule has 7 rings (SSSR count). The van der Waals surface area contributed by atoms with E-state index in [4.69, 9.17) is 0 Å². The molecule has 2 unspecified atom stereocenters. The van der Waals surface area contributed by atoms with Gasteiger partial charge in [-0.2, -0.15) is 0 Å². The molecule has 0 heteroatoms. The van der Waals surface area contributed by atoms with Gasteiger partial charge in [0.05, 0.1) is 0 Å². The fraction of sp³-hybridized carbons (Fsp3) is 0.200. The molecule has 5 aliphatic rings. The molecule has 2 aromatic rings. The van der Waals surface area contributed by atoms with E-state index in [2.05, 4.69) is 60.7 Å². The summed E-state index contributed by atoms with van der Waals surface area (Å²) in [6.45, 7) is 0. The number of benzene rings is 2. The fourth-order valence-electron chi connectivity index (χ4n) is 5.88. The first-order chi connectivity index (χ1) is 12.4. The Labute approximate surface area is 147 Å². The van der Waals surface area contributed by atoms with Crippen LogP contribution in [0.3, 0.4) is 0 Å². The molecule has 5 aliphatic carbocycles. The maximum atomic E-state index is 2.46. The predicted molar refractivity (Wildman–Crippen MR) is 104 cm³/mol. The van der Waals surface area contributed by atoms with Gasteiger partial charge < -0.3 is 0 Å². The zero-order chi connectivity index (χ0) is 16.1. The molecule has 0 fully saturated rings. The van der Waals surface area contributed by atoms with E-state index in [0.29, 0.717) is 11.8 Å². The lowest BCUT2D eigenvalue weighted by Crippen LogP contribution is -2.27. The Balaban J connectivity index is 1.77. The van der Waals surface area contributed by atoms with Crippen molar-refractivity contribution in [2.45, 2.75) is 25.2 Å². The van der Waals surface area contributed by atoms with Gasteiger partial charge in [0.1, 0.15) is 0 Å². The average Bonchev–Trinajstić information content (AvgIpc) is 2.86. The molecular weight excluding hydrogens is 300 g/mol. The van der Waals surface area contributed by atoms with Crippen LogP contribution in [-0.2, 0) is 12.8 Å². The van der Waals surface area contributed by atoms with Crippen LogP contribution in [0.1, 0.15) is 45.7 Å². The molecule has 0 radical (unpaired) electrons. The Morgan fingerprint density at radius 3 is 2.60 bits per heavy atom. The molecule has 0 saturated heterocycles. The second-order valence-electron chi connectivity index (χ2n) is 7.99. The van der Waals surface area contributed by atoms with Crippen molar-refractivity contribution >= 4 is 17.7 Å². The third kappa shape index (κ3) is 1.38. The SMILES string of the molecule is C1=Cc2ccc3c4c2-c2c(ccc5c2C2C4=C(C=CC2C=C5)CC3)C1. The largest absolute Gasteiger partial charge is 0.0795 e. The molecule has 2 atom stereocenters. The monoisotopic (exact) mass is 318 g/mol. The molecule has 0 heterocycles. The first-order valence-corrected chi connectivity index (χ1v) is 9.48. The highest BCUT2D eigenvalue weighted by Crippen LogP contribution is 2.60. The van der Waals surface area contributed by atoms with E-state index in [1.807, 2.05) is 0 Å². The van der Waals surface area contributed by atoms with E-state index in [1.165, 1.54) is 35.1 Å². The maximum absolute atomic E-state index is 2.46. The van der Waals surface area contributed by atoms with Crippen LogP contribution in [0.2, 0.25) is 0 Å². The zero-order valence-corrected chi connectivity index (χ0v) is 14.0. The van der Waals surface area contributed by atoms with Crippen LogP contribution >= 0.6 is 0 Å². The highest BCUT2D eigenvalue weighted by atomic mass is 14.4. The van der Waals surface area contributed by atoms with Crippen molar-refractivity contribution in [1.82, 2.24) is 0 Å². The predicted octanol–water partition coefficient (Wildman–Crippen LogP) is 5.93. The van der Waals surface area contributed by atoms with Gasteiger partial charge in [-0.15, -0.1) is 0 Å². The second-order valence-corrected chi connectivity index (χ2v) is 7.99. The second kappa shape index (κ2) is 4.14. The quantitative estimate of drug-likeness (QED) is 0.564. The summed E-state index contributed by atoms with van der Waals surface area (Å²) in [6, 6.07) is 9.48. The Morgan fingerprint density at radius 2 is 1.60 bits per heavy atom. The van der Waals surface area contributed by atoms with E-state index in [9.17, 15) is 0 Å². The molecule has 25 heavy (non-hydrogen) atoms. The lowest BCUT2D eigenvalue weighted by molar-refractivity contribution is 0.686. The van der Waals surface area contributed by atoms with E-state index < -0.39 is 0 Å². The molecule has 0 saturated carbocycles. The Kier molecular flexibility index (Phi) is 2.10. The van der Waals surface area contributed by atoms with Crippen LogP contribution in [0, 0.1) is 5.92 Å². The lowest BCUT2D eigenvalue weighted by Gasteiger charge is -2.43. The van der Waals surface area contributed by atoms with Crippen LogP contribution in [0.5, 0.6) is 0 Å². The third-order valence-electron chi connectivity index (χ3n) is 6.88. The molecule has 0 aromatic heterocycles. The Bertz CT molecular complexity index is 1120. The van der Waals surface area contributed by atoms with E-state index in [0.717, 1.165) is 6.42 Å². The van der Waals surface area contributed by atoms with Gasteiger partial charge >= 0.3 is 0 Å². The fourth-order valence-corrected chi connectivity index (χ4v) is 5.88. The summed E-state index contributed by atoms with van der Waals surface area (Å²) in [7, 11) is 0. The topological polar surface area (TPSA) is 0 Å². The standard InChI is InChI=1S/C25H18/c1-2-14-4-6-16-8-10-18-12-13-19-11-9-17-7-5-15(3-1)21-20(14)22(16)24(18)25(19)23(17)21/h1-2,4-7,9,11-13,19,25H,3,8,10H2. The summed E-state index contributed by atoms with van der Waals surface area (Å²) < 4.78 is 0. The molecule has 0 bridgehead atoms. The minimum absolute atomic E-state index is 0.525. The van der Waals surface area contributed by atoms with Gasteiger partial charge in [-0.1, -0.05) is 60.7 Å². The molecule has 0 nitrogen and oxygen atoms in total. The lowest BCUT2D eigenvalue weighted by atomic mass is 9.60. The summed E-state index contributed by atoms with van der Waals surface area (Å²) in [5, 5.41) is 0. The average molecular weight is 318 g/mol. The van der Waals surface area contributed by atoms with E-state index in [1.54, 1.807) is 33.4 Å². The van der Waals surface area contributed by atoms with Crippen LogP contribution in [0.4, 0.5) is 0 Å². The highest BCUT2D eigenvalue weighted by molar-refractivity contribution is 6.02. The summed E-state index contributed by atoms with van der Waals surface area (Å²) in [4.78, 5) is 0. The molecule has 0 N–H and O–H groups in total. The summed E-state index contributed by atoms with van der Waals surface area (Å²) in [6.07, 6.45) is 17.8. The van der Waals surface area contributed by atoms with Crippen LogP contribution < -0.4 is 0 Å². The zero-order valence-electron chi connectivity index (χ0n) is 14.0. The van der Waals surface area contributed by atoms with Gasteiger partial charge in [0.2, 0.25) is 0 Å². The number of aryl methyl sites for hydroxylation is 1.